The number of rotatable bonds is 6. The molecule has 0 unspecified atom stereocenters. The molecule has 3 aromatic heterocycles. The summed E-state index contributed by atoms with van der Waals surface area (Å²) >= 11 is 8.84. The van der Waals surface area contributed by atoms with Gasteiger partial charge >= 0.3 is 0 Å². The molecule has 0 spiro atoms. The number of carbonyl (C=O) groups is 1. The summed E-state index contributed by atoms with van der Waals surface area (Å²) in [5, 5.41) is 0.714. The number of amides is 1. The molecule has 0 N–H and O–H groups in total. The Labute approximate surface area is 163 Å². The van der Waals surface area contributed by atoms with Crippen molar-refractivity contribution in [2.24, 2.45) is 0 Å². The van der Waals surface area contributed by atoms with E-state index in [-0.39, 0.29) is 5.91 Å². The van der Waals surface area contributed by atoms with E-state index in [0.29, 0.717) is 20.9 Å². The highest BCUT2D eigenvalue weighted by Gasteiger charge is 2.22. The smallest absolute Gasteiger partial charge is 0.270 e. The van der Waals surface area contributed by atoms with Crippen molar-refractivity contribution >= 4 is 55.5 Å². The van der Waals surface area contributed by atoms with Crippen LogP contribution >= 0.6 is 34.3 Å². The molecule has 0 aliphatic heterocycles. The van der Waals surface area contributed by atoms with Gasteiger partial charge in [-0.15, -0.1) is 11.3 Å². The van der Waals surface area contributed by atoms with Crippen molar-refractivity contribution in [2.75, 3.05) is 11.4 Å². The quantitative estimate of drug-likeness (QED) is 0.458. The molecule has 4 rings (SSSR count). The average molecular weight is 403 g/mol. The van der Waals surface area contributed by atoms with Crippen LogP contribution < -0.4 is 4.90 Å². The molecule has 0 aliphatic rings. The zero-order valence-corrected chi connectivity index (χ0v) is 16.1. The molecule has 0 atom stereocenters. The summed E-state index contributed by atoms with van der Waals surface area (Å²) in [5.74, 6) is -0.0633. The number of aryl methyl sites for hydroxylation is 1. The van der Waals surface area contributed by atoms with E-state index in [1.807, 2.05) is 35.0 Å². The second-order valence-electron chi connectivity index (χ2n) is 5.68. The van der Waals surface area contributed by atoms with Crippen LogP contribution in [0.2, 0.25) is 4.34 Å². The van der Waals surface area contributed by atoms with Crippen LogP contribution in [0.3, 0.4) is 0 Å². The SMILES string of the molecule is O=C(c1ccc(Cl)s1)N(CCCn1ccnc1)c1nc2ccccc2s1. The van der Waals surface area contributed by atoms with Gasteiger partial charge in [-0.2, -0.15) is 0 Å². The summed E-state index contributed by atoms with van der Waals surface area (Å²) in [7, 11) is 0. The van der Waals surface area contributed by atoms with E-state index in [9.17, 15) is 4.79 Å². The third-order valence-electron chi connectivity index (χ3n) is 3.90. The number of imidazole rings is 1. The van der Waals surface area contributed by atoms with E-state index in [1.54, 1.807) is 29.6 Å². The normalized spacial score (nSPS) is 11.1. The number of anilines is 1. The molecule has 0 saturated carbocycles. The van der Waals surface area contributed by atoms with Gasteiger partial charge in [0.05, 0.1) is 25.8 Å². The molecule has 1 aromatic carbocycles. The highest BCUT2D eigenvalue weighted by atomic mass is 35.5. The number of fused-ring (bicyclic) bond motifs is 1. The number of para-hydroxylation sites is 1. The Hall–Kier alpha value is -2.22. The predicted molar refractivity (Wildman–Crippen MR) is 107 cm³/mol. The third kappa shape index (κ3) is 3.65. The van der Waals surface area contributed by atoms with E-state index >= 15 is 0 Å². The molecule has 132 valence electrons. The van der Waals surface area contributed by atoms with Gasteiger partial charge in [-0.3, -0.25) is 9.69 Å². The maximum Gasteiger partial charge on any atom is 0.270 e. The molecule has 1 amide bonds. The number of thiazole rings is 1. The maximum atomic E-state index is 13.1. The Morgan fingerprint density at radius 2 is 2.08 bits per heavy atom. The summed E-state index contributed by atoms with van der Waals surface area (Å²) in [5.41, 5.74) is 0.907. The van der Waals surface area contributed by atoms with Gasteiger partial charge < -0.3 is 4.57 Å². The van der Waals surface area contributed by atoms with Gasteiger partial charge in [0.25, 0.3) is 5.91 Å². The summed E-state index contributed by atoms with van der Waals surface area (Å²) in [6.07, 6.45) is 6.26. The van der Waals surface area contributed by atoms with Gasteiger partial charge in [0.15, 0.2) is 5.13 Å². The first-order valence-corrected chi connectivity index (χ1v) is 10.1. The van der Waals surface area contributed by atoms with Crippen LogP contribution in [0.5, 0.6) is 0 Å². The molecular formula is C18H15ClN4OS2. The van der Waals surface area contributed by atoms with Crippen molar-refractivity contribution < 1.29 is 4.79 Å². The predicted octanol–water partition coefficient (Wildman–Crippen LogP) is 4.94. The van der Waals surface area contributed by atoms with Crippen LogP contribution in [-0.4, -0.2) is 27.0 Å². The number of carbonyl (C=O) groups excluding carboxylic acids is 1. The zero-order valence-electron chi connectivity index (χ0n) is 13.7. The minimum absolute atomic E-state index is 0.0633. The van der Waals surface area contributed by atoms with Crippen molar-refractivity contribution in [3.63, 3.8) is 0 Å². The van der Waals surface area contributed by atoms with Crippen molar-refractivity contribution in [2.45, 2.75) is 13.0 Å². The van der Waals surface area contributed by atoms with E-state index in [0.717, 1.165) is 23.2 Å². The lowest BCUT2D eigenvalue weighted by molar-refractivity contribution is 0.0990. The van der Waals surface area contributed by atoms with Crippen molar-refractivity contribution in [3.8, 4) is 0 Å². The van der Waals surface area contributed by atoms with E-state index in [2.05, 4.69) is 9.97 Å². The molecule has 8 heteroatoms. The van der Waals surface area contributed by atoms with E-state index < -0.39 is 0 Å². The highest BCUT2D eigenvalue weighted by molar-refractivity contribution is 7.22. The van der Waals surface area contributed by atoms with Gasteiger partial charge in [-0.1, -0.05) is 35.1 Å². The van der Waals surface area contributed by atoms with Gasteiger partial charge in [-0.05, 0) is 30.7 Å². The molecule has 4 aromatic rings. The molecule has 5 nitrogen and oxygen atoms in total. The Morgan fingerprint density at radius 1 is 1.19 bits per heavy atom. The standard InChI is InChI=1S/C18H15ClN4OS2/c19-16-7-6-15(25-16)17(24)23(10-3-9-22-11-8-20-12-22)18-21-13-4-1-2-5-14(13)26-18/h1-2,4-8,11-12H,3,9-10H2. The zero-order chi connectivity index (χ0) is 17.9. The topological polar surface area (TPSA) is 51.0 Å². The first-order chi connectivity index (χ1) is 12.7. The molecule has 0 fully saturated rings. The second-order valence-corrected chi connectivity index (χ2v) is 8.40. The van der Waals surface area contributed by atoms with Crippen molar-refractivity contribution in [1.82, 2.24) is 14.5 Å². The third-order valence-corrected chi connectivity index (χ3v) is 6.18. The number of halogens is 1. The molecule has 0 aliphatic carbocycles. The fraction of sp³-hybridized carbons (Fsp3) is 0.167. The molecule has 0 radical (unpaired) electrons. The van der Waals surface area contributed by atoms with Crippen LogP contribution in [-0.2, 0) is 6.54 Å². The van der Waals surface area contributed by atoms with Gasteiger partial charge in [0.2, 0.25) is 0 Å². The largest absolute Gasteiger partial charge is 0.337 e. The van der Waals surface area contributed by atoms with Crippen LogP contribution in [0.1, 0.15) is 16.1 Å². The minimum Gasteiger partial charge on any atom is -0.337 e. The van der Waals surface area contributed by atoms with Crippen molar-refractivity contribution in [3.05, 3.63) is 64.3 Å². The highest BCUT2D eigenvalue weighted by Crippen LogP contribution is 2.31. The Kier molecular flexibility index (Phi) is 5.01. The Balaban J connectivity index is 1.60. The number of hydrogen-bond acceptors (Lipinski definition) is 5. The van der Waals surface area contributed by atoms with E-state index in [4.69, 9.17) is 11.6 Å². The van der Waals surface area contributed by atoms with Gasteiger partial charge in [0.1, 0.15) is 0 Å². The van der Waals surface area contributed by atoms with Crippen LogP contribution in [0, 0.1) is 0 Å². The Bertz CT molecular complexity index is 992. The number of nitrogens with zero attached hydrogens (tertiary/aromatic N) is 4. The van der Waals surface area contributed by atoms with Crippen molar-refractivity contribution in [1.29, 1.82) is 0 Å². The minimum atomic E-state index is -0.0633. The van der Waals surface area contributed by atoms with Crippen LogP contribution in [0.4, 0.5) is 5.13 Å². The van der Waals surface area contributed by atoms with Gasteiger partial charge in [-0.25, -0.2) is 9.97 Å². The van der Waals surface area contributed by atoms with E-state index in [1.165, 1.54) is 22.7 Å². The summed E-state index contributed by atoms with van der Waals surface area (Å²) in [6.45, 7) is 1.37. The lowest BCUT2D eigenvalue weighted by Crippen LogP contribution is -2.31. The molecule has 3 heterocycles. The fourth-order valence-corrected chi connectivity index (χ4v) is 4.63. The summed E-state index contributed by atoms with van der Waals surface area (Å²) in [6, 6.07) is 11.4. The second kappa shape index (κ2) is 7.57. The lowest BCUT2D eigenvalue weighted by Gasteiger charge is -2.19. The monoisotopic (exact) mass is 402 g/mol. The van der Waals surface area contributed by atoms with Crippen LogP contribution in [0.15, 0.2) is 55.1 Å². The summed E-state index contributed by atoms with van der Waals surface area (Å²) in [4.78, 5) is 24.1. The number of hydrogen-bond donors (Lipinski definition) is 0. The molecule has 0 bridgehead atoms. The molecule has 0 saturated heterocycles. The maximum absolute atomic E-state index is 13.1. The first-order valence-electron chi connectivity index (χ1n) is 8.09. The van der Waals surface area contributed by atoms with Gasteiger partial charge in [0, 0.05) is 25.5 Å². The number of aromatic nitrogens is 3. The lowest BCUT2D eigenvalue weighted by atomic mass is 10.3. The Morgan fingerprint density at radius 3 is 2.81 bits per heavy atom. The number of benzene rings is 1. The fourth-order valence-electron chi connectivity index (χ4n) is 2.65. The first kappa shape index (κ1) is 17.2. The van der Waals surface area contributed by atoms with Crippen LogP contribution in [0.25, 0.3) is 10.2 Å². The molecular weight excluding hydrogens is 388 g/mol. The average Bonchev–Trinajstić information content (AvgIpc) is 3.38. The number of thiophene rings is 1. The molecule has 26 heavy (non-hydrogen) atoms. The summed E-state index contributed by atoms with van der Waals surface area (Å²) < 4.78 is 3.68.